The molecule has 0 radical (unpaired) electrons. The van der Waals surface area contributed by atoms with Gasteiger partial charge in [-0.1, -0.05) is 60.7 Å². The third kappa shape index (κ3) is 5.66. The molecule has 3 rings (SSSR count). The Labute approximate surface area is 167 Å². The van der Waals surface area contributed by atoms with E-state index < -0.39 is 22.0 Å². The Morgan fingerprint density at radius 3 is 2.29 bits per heavy atom. The standard InChI is InChI=1S/C22H27NO4S/c24-22(27-17-8-7-12-19-10-3-1-4-11-19)21-15-9-16-23(21)28(25,26)18-20-13-5-2-6-14-20/h1-6,10-11,13-14,21H,7-9,12,15-18H2/t21-/m0/s1. The van der Waals surface area contributed by atoms with Crippen LogP contribution in [0.1, 0.15) is 36.8 Å². The van der Waals surface area contributed by atoms with Gasteiger partial charge in [0.15, 0.2) is 0 Å². The second-order valence-electron chi connectivity index (χ2n) is 7.12. The summed E-state index contributed by atoms with van der Waals surface area (Å²) in [7, 11) is -3.55. The highest BCUT2D eigenvalue weighted by Crippen LogP contribution is 2.24. The molecule has 0 unspecified atom stereocenters. The Bertz CT molecular complexity index is 853. The van der Waals surface area contributed by atoms with Gasteiger partial charge in [0.05, 0.1) is 12.4 Å². The van der Waals surface area contributed by atoms with E-state index in [-0.39, 0.29) is 5.75 Å². The summed E-state index contributed by atoms with van der Waals surface area (Å²) in [4.78, 5) is 12.5. The lowest BCUT2D eigenvalue weighted by Crippen LogP contribution is -2.42. The summed E-state index contributed by atoms with van der Waals surface area (Å²) in [5.41, 5.74) is 1.99. The van der Waals surface area contributed by atoms with Crippen LogP contribution in [0.2, 0.25) is 0 Å². The summed E-state index contributed by atoms with van der Waals surface area (Å²) in [6.07, 6.45) is 3.85. The lowest BCUT2D eigenvalue weighted by molar-refractivity contribution is -0.147. The SMILES string of the molecule is O=C(OCCCCc1ccccc1)[C@@H]1CCCN1S(=O)(=O)Cc1ccccc1. The Balaban J connectivity index is 1.47. The number of rotatable bonds is 9. The van der Waals surface area contributed by atoms with Crippen LogP contribution < -0.4 is 0 Å². The molecule has 150 valence electrons. The quantitative estimate of drug-likeness (QED) is 0.476. The van der Waals surface area contributed by atoms with E-state index in [9.17, 15) is 13.2 Å². The topological polar surface area (TPSA) is 63.7 Å². The molecule has 0 spiro atoms. The molecule has 0 N–H and O–H groups in total. The molecule has 1 atom stereocenters. The second-order valence-corrected chi connectivity index (χ2v) is 9.04. The molecule has 28 heavy (non-hydrogen) atoms. The van der Waals surface area contributed by atoms with Gasteiger partial charge in [0.2, 0.25) is 10.0 Å². The molecule has 1 aliphatic heterocycles. The molecule has 0 bridgehead atoms. The Morgan fingerprint density at radius 1 is 0.964 bits per heavy atom. The fourth-order valence-electron chi connectivity index (χ4n) is 3.52. The first-order valence-electron chi connectivity index (χ1n) is 9.80. The smallest absolute Gasteiger partial charge is 0.324 e. The summed E-state index contributed by atoms with van der Waals surface area (Å²) in [5.74, 6) is -0.511. The van der Waals surface area contributed by atoms with Crippen LogP contribution in [-0.2, 0) is 31.7 Å². The number of hydrogen-bond acceptors (Lipinski definition) is 4. The summed E-state index contributed by atoms with van der Waals surface area (Å²) < 4.78 is 32.3. The van der Waals surface area contributed by atoms with Crippen LogP contribution in [-0.4, -0.2) is 37.9 Å². The number of nitrogens with zero attached hydrogens (tertiary/aromatic N) is 1. The number of benzene rings is 2. The van der Waals surface area contributed by atoms with E-state index in [1.807, 2.05) is 36.4 Å². The summed E-state index contributed by atoms with van der Waals surface area (Å²) in [6, 6.07) is 18.5. The second kappa shape index (κ2) is 9.85. The van der Waals surface area contributed by atoms with Gasteiger partial charge in [0.1, 0.15) is 6.04 Å². The normalized spacial score (nSPS) is 17.5. The number of hydrogen-bond donors (Lipinski definition) is 0. The average molecular weight is 402 g/mol. The maximum Gasteiger partial charge on any atom is 0.324 e. The fraction of sp³-hybridized carbons (Fsp3) is 0.409. The Morgan fingerprint density at radius 2 is 1.61 bits per heavy atom. The number of sulfonamides is 1. The predicted octanol–water partition coefficient (Wildman–Crippen LogP) is 3.55. The summed E-state index contributed by atoms with van der Waals surface area (Å²) >= 11 is 0. The van der Waals surface area contributed by atoms with Crippen LogP contribution in [0.4, 0.5) is 0 Å². The first-order valence-corrected chi connectivity index (χ1v) is 11.4. The highest BCUT2D eigenvalue weighted by atomic mass is 32.2. The number of esters is 1. The molecule has 1 fully saturated rings. The van der Waals surface area contributed by atoms with Crippen LogP contribution >= 0.6 is 0 Å². The highest BCUT2D eigenvalue weighted by molar-refractivity contribution is 7.88. The third-order valence-electron chi connectivity index (χ3n) is 4.97. The van der Waals surface area contributed by atoms with Gasteiger partial charge in [0.25, 0.3) is 0 Å². The van der Waals surface area contributed by atoms with E-state index in [0.29, 0.717) is 26.0 Å². The van der Waals surface area contributed by atoms with Gasteiger partial charge in [-0.3, -0.25) is 4.79 Å². The lowest BCUT2D eigenvalue weighted by Gasteiger charge is -2.22. The van der Waals surface area contributed by atoms with E-state index in [1.165, 1.54) is 9.87 Å². The molecule has 1 heterocycles. The van der Waals surface area contributed by atoms with Gasteiger partial charge < -0.3 is 4.74 Å². The minimum Gasteiger partial charge on any atom is -0.464 e. The van der Waals surface area contributed by atoms with Gasteiger partial charge in [0, 0.05) is 6.54 Å². The molecule has 1 aliphatic rings. The van der Waals surface area contributed by atoms with E-state index in [2.05, 4.69) is 12.1 Å². The van der Waals surface area contributed by atoms with Crippen LogP contribution in [0, 0.1) is 0 Å². The van der Waals surface area contributed by atoms with Crippen LogP contribution in [0.15, 0.2) is 60.7 Å². The van der Waals surface area contributed by atoms with Gasteiger partial charge in [-0.25, -0.2) is 8.42 Å². The van der Waals surface area contributed by atoms with E-state index in [1.54, 1.807) is 12.1 Å². The first kappa shape index (κ1) is 20.6. The highest BCUT2D eigenvalue weighted by Gasteiger charge is 2.39. The van der Waals surface area contributed by atoms with Crippen molar-refractivity contribution in [2.45, 2.75) is 43.9 Å². The molecule has 2 aromatic carbocycles. The van der Waals surface area contributed by atoms with Crippen molar-refractivity contribution in [2.24, 2.45) is 0 Å². The maximum absolute atomic E-state index is 12.8. The van der Waals surface area contributed by atoms with Crippen LogP contribution in [0.25, 0.3) is 0 Å². The minimum absolute atomic E-state index is 0.0886. The molecular formula is C22H27NO4S. The molecule has 1 saturated heterocycles. The van der Waals surface area contributed by atoms with E-state index in [4.69, 9.17) is 4.74 Å². The zero-order chi connectivity index (χ0) is 19.8. The largest absolute Gasteiger partial charge is 0.464 e. The average Bonchev–Trinajstić information content (AvgIpc) is 3.20. The van der Waals surface area contributed by atoms with Crippen molar-refractivity contribution in [2.75, 3.05) is 13.2 Å². The number of unbranched alkanes of at least 4 members (excludes halogenated alkanes) is 1. The number of ether oxygens (including phenoxy) is 1. The first-order chi connectivity index (χ1) is 13.6. The van der Waals surface area contributed by atoms with E-state index >= 15 is 0 Å². The molecule has 0 saturated carbocycles. The summed E-state index contributed by atoms with van der Waals surface area (Å²) in [6.45, 7) is 0.706. The number of aryl methyl sites for hydroxylation is 1. The molecule has 5 nitrogen and oxygen atoms in total. The van der Waals surface area contributed by atoms with Gasteiger partial charge >= 0.3 is 5.97 Å². The number of carbonyl (C=O) groups excluding carboxylic acids is 1. The van der Waals surface area contributed by atoms with Crippen molar-refractivity contribution in [3.63, 3.8) is 0 Å². The van der Waals surface area contributed by atoms with Gasteiger partial charge in [-0.05, 0) is 43.2 Å². The van der Waals surface area contributed by atoms with Crippen molar-refractivity contribution in [3.05, 3.63) is 71.8 Å². The monoisotopic (exact) mass is 401 g/mol. The zero-order valence-electron chi connectivity index (χ0n) is 16.0. The zero-order valence-corrected chi connectivity index (χ0v) is 16.8. The molecule has 0 aliphatic carbocycles. The lowest BCUT2D eigenvalue weighted by atomic mass is 10.1. The minimum atomic E-state index is -3.55. The Hall–Kier alpha value is -2.18. The molecular weight excluding hydrogens is 374 g/mol. The van der Waals surface area contributed by atoms with Crippen LogP contribution in [0.5, 0.6) is 0 Å². The number of carbonyl (C=O) groups is 1. The van der Waals surface area contributed by atoms with E-state index in [0.717, 1.165) is 24.8 Å². The fourth-order valence-corrected chi connectivity index (χ4v) is 5.29. The molecule has 6 heteroatoms. The summed E-state index contributed by atoms with van der Waals surface area (Å²) in [5, 5.41) is 0. The van der Waals surface area contributed by atoms with Gasteiger partial charge in [-0.2, -0.15) is 4.31 Å². The van der Waals surface area contributed by atoms with Crippen molar-refractivity contribution >= 4 is 16.0 Å². The molecule has 2 aromatic rings. The van der Waals surface area contributed by atoms with Gasteiger partial charge in [-0.15, -0.1) is 0 Å². The Kier molecular flexibility index (Phi) is 7.23. The predicted molar refractivity (Wildman–Crippen MR) is 109 cm³/mol. The molecule has 0 amide bonds. The van der Waals surface area contributed by atoms with Crippen molar-refractivity contribution in [1.29, 1.82) is 0 Å². The van der Waals surface area contributed by atoms with Crippen molar-refractivity contribution < 1.29 is 17.9 Å². The third-order valence-corrected chi connectivity index (χ3v) is 6.82. The van der Waals surface area contributed by atoms with Crippen molar-refractivity contribution in [3.8, 4) is 0 Å². The van der Waals surface area contributed by atoms with Crippen LogP contribution in [0.3, 0.4) is 0 Å². The van der Waals surface area contributed by atoms with Crippen molar-refractivity contribution in [1.82, 2.24) is 4.31 Å². The molecule has 0 aromatic heterocycles. The maximum atomic E-state index is 12.8.